The summed E-state index contributed by atoms with van der Waals surface area (Å²) < 4.78 is 45.6. The van der Waals surface area contributed by atoms with Crippen molar-refractivity contribution in [2.45, 2.75) is 32.1 Å². The fourth-order valence-electron chi connectivity index (χ4n) is 3.10. The summed E-state index contributed by atoms with van der Waals surface area (Å²) in [5, 5.41) is 0. The Morgan fingerprint density at radius 1 is 1.61 bits per heavy atom. The van der Waals surface area contributed by atoms with Gasteiger partial charge in [-0.3, -0.25) is 4.79 Å². The largest absolute Gasteiger partial charge is 0.326 e. The lowest BCUT2D eigenvalue weighted by molar-refractivity contribution is 0.409. The van der Waals surface area contributed by atoms with Crippen molar-refractivity contribution < 1.29 is 8.22 Å². The number of pyridine rings is 1. The smallest absolute Gasteiger partial charge is 0.248 e. The van der Waals surface area contributed by atoms with Gasteiger partial charge in [0.05, 0.1) is 5.54 Å². The second-order valence-corrected chi connectivity index (χ2v) is 4.97. The fraction of sp³-hybridized carbons (Fsp3) is 0.400. The molecule has 0 fully saturated rings. The van der Waals surface area contributed by atoms with Gasteiger partial charge < -0.3 is 10.7 Å². The van der Waals surface area contributed by atoms with Gasteiger partial charge in [0.15, 0.2) is 0 Å². The molecule has 1 aromatic rings. The average Bonchev–Trinajstić information content (AvgIpc) is 2.38. The third-order valence-electron chi connectivity index (χ3n) is 3.85. The summed E-state index contributed by atoms with van der Waals surface area (Å²) in [7, 11) is 0. The molecule has 0 saturated carbocycles. The van der Waals surface area contributed by atoms with Crippen molar-refractivity contribution in [2.75, 3.05) is 0 Å². The molecule has 0 aliphatic heterocycles. The van der Waals surface area contributed by atoms with Crippen molar-refractivity contribution in [3.8, 4) is 0 Å². The van der Waals surface area contributed by atoms with Gasteiger partial charge in [0.1, 0.15) is 0 Å². The first-order chi connectivity index (χ1) is 10.9. The number of aromatic amines is 1. The lowest BCUT2D eigenvalue weighted by Crippen LogP contribution is -2.48. The number of hydrogen-bond acceptors (Lipinski definition) is 2. The van der Waals surface area contributed by atoms with Crippen LogP contribution in [0.2, 0.25) is 0 Å². The Labute approximate surface area is 115 Å². The predicted octanol–water partition coefficient (Wildman–Crippen LogP) is 2.00. The molecular formula is C15H18N2O. The van der Waals surface area contributed by atoms with Crippen LogP contribution in [0.4, 0.5) is 0 Å². The highest BCUT2D eigenvalue weighted by Crippen LogP contribution is 2.47. The molecule has 0 saturated heterocycles. The number of hydrogen-bond donors (Lipinski definition) is 2. The van der Waals surface area contributed by atoms with Crippen molar-refractivity contribution >= 4 is 0 Å². The molecule has 0 aromatic carbocycles. The second-order valence-electron chi connectivity index (χ2n) is 4.97. The predicted molar refractivity (Wildman–Crippen MR) is 72.3 cm³/mol. The Morgan fingerprint density at radius 2 is 2.50 bits per heavy atom. The van der Waals surface area contributed by atoms with Crippen LogP contribution in [0, 0.1) is 5.92 Å². The Morgan fingerprint density at radius 3 is 3.28 bits per heavy atom. The lowest BCUT2D eigenvalue weighted by atomic mass is 9.63. The molecule has 0 unspecified atom stereocenters. The minimum Gasteiger partial charge on any atom is -0.326 e. The topological polar surface area (TPSA) is 58.9 Å². The van der Waals surface area contributed by atoms with Crippen LogP contribution in [-0.2, 0) is 12.0 Å². The maximum atomic E-state index is 11.6. The number of rotatable bonds is 0. The quantitative estimate of drug-likeness (QED) is 0.690. The maximum Gasteiger partial charge on any atom is 0.248 e. The number of nitrogens with one attached hydrogen (secondary N) is 1. The van der Waals surface area contributed by atoms with Gasteiger partial charge in [-0.15, -0.1) is 0 Å². The summed E-state index contributed by atoms with van der Waals surface area (Å²) in [6.07, 6.45) is 3.08. The number of allylic oxidation sites excluding steroid dienone is 2. The fourth-order valence-corrected chi connectivity index (χ4v) is 3.10. The van der Waals surface area contributed by atoms with Crippen LogP contribution in [0.5, 0.6) is 0 Å². The van der Waals surface area contributed by atoms with Gasteiger partial charge in [0.25, 0.3) is 0 Å². The van der Waals surface area contributed by atoms with Crippen molar-refractivity contribution in [3.05, 3.63) is 57.0 Å². The molecule has 2 atom stereocenters. The van der Waals surface area contributed by atoms with Crippen molar-refractivity contribution in [1.82, 2.24) is 4.98 Å². The molecule has 0 radical (unpaired) electrons. The lowest BCUT2D eigenvalue weighted by Gasteiger charge is -2.45. The normalized spacial score (nSPS) is 38.4. The highest BCUT2D eigenvalue weighted by molar-refractivity contribution is 5.48. The Kier molecular flexibility index (Phi) is 1.34. The van der Waals surface area contributed by atoms with E-state index >= 15 is 0 Å². The van der Waals surface area contributed by atoms with Crippen LogP contribution in [0.1, 0.15) is 39.6 Å². The van der Waals surface area contributed by atoms with E-state index in [4.69, 9.17) is 14.0 Å². The van der Waals surface area contributed by atoms with E-state index in [2.05, 4.69) is 4.98 Å². The molecule has 3 heteroatoms. The van der Waals surface area contributed by atoms with Gasteiger partial charge in [-0.05, 0) is 43.7 Å². The molecule has 1 heterocycles. The molecule has 2 aliphatic rings. The van der Waals surface area contributed by atoms with Crippen molar-refractivity contribution in [2.24, 2.45) is 11.7 Å². The second kappa shape index (κ2) is 3.69. The Balaban J connectivity index is 2.25. The zero-order valence-electron chi connectivity index (χ0n) is 15.8. The molecule has 18 heavy (non-hydrogen) atoms. The van der Waals surface area contributed by atoms with E-state index in [9.17, 15) is 4.79 Å². The van der Waals surface area contributed by atoms with Gasteiger partial charge in [-0.2, -0.15) is 0 Å². The van der Waals surface area contributed by atoms with Crippen LogP contribution < -0.4 is 11.3 Å². The molecule has 0 spiro atoms. The van der Waals surface area contributed by atoms with E-state index < -0.39 is 25.2 Å². The highest BCUT2D eigenvalue weighted by Gasteiger charge is 2.43. The summed E-state index contributed by atoms with van der Waals surface area (Å²) in [6.45, 7) is -4.60. The monoisotopic (exact) mass is 248 g/mol. The van der Waals surface area contributed by atoms with Crippen LogP contribution in [0.3, 0.4) is 0 Å². The highest BCUT2D eigenvalue weighted by atomic mass is 16.1. The van der Waals surface area contributed by atoms with Gasteiger partial charge in [-0.1, -0.05) is 17.7 Å². The van der Waals surface area contributed by atoms with Gasteiger partial charge in [0.2, 0.25) is 5.56 Å². The van der Waals surface area contributed by atoms with Gasteiger partial charge in [-0.25, -0.2) is 0 Å². The molecule has 94 valence electrons. The summed E-state index contributed by atoms with van der Waals surface area (Å²) in [4.78, 5) is 14.3. The summed E-state index contributed by atoms with van der Waals surface area (Å²) in [5.74, 6) is -0.454. The number of aromatic nitrogens is 1. The van der Waals surface area contributed by atoms with Crippen LogP contribution in [-0.4, -0.2) is 4.98 Å². The molecule has 3 N–H and O–H groups in total. The van der Waals surface area contributed by atoms with Gasteiger partial charge >= 0.3 is 0 Å². The zero-order chi connectivity index (χ0) is 17.9. The first-order valence-corrected chi connectivity index (χ1v) is 5.86. The first kappa shape index (κ1) is 6.53. The van der Waals surface area contributed by atoms with Crippen LogP contribution in [0.15, 0.2) is 40.2 Å². The zero-order valence-corrected chi connectivity index (χ0v) is 9.79. The van der Waals surface area contributed by atoms with E-state index in [0.29, 0.717) is 23.3 Å². The molecule has 3 rings (SSSR count). The number of fused-ring (bicyclic) bond motifs is 4. The third kappa shape index (κ3) is 1.44. The summed E-state index contributed by atoms with van der Waals surface area (Å²) >= 11 is 0. The van der Waals surface area contributed by atoms with E-state index in [-0.39, 0.29) is 17.6 Å². The van der Waals surface area contributed by atoms with Crippen molar-refractivity contribution in [3.63, 3.8) is 0 Å². The Hall–Kier alpha value is -1.61. The first-order valence-electron chi connectivity index (χ1n) is 8.86. The van der Waals surface area contributed by atoms with E-state index in [1.807, 2.05) is 0 Å². The molecule has 2 bridgehead atoms. The third-order valence-corrected chi connectivity index (χ3v) is 3.85. The van der Waals surface area contributed by atoms with Gasteiger partial charge in [0, 0.05) is 25.9 Å². The Bertz CT molecular complexity index is 801. The standard InChI is InChI=1S/C15H18N2O/c1-3-11-10-6-9(2)8-15(11,16)12-4-5-14(18)17-13(12)7-10/h3-6,10H,7-8,16H2,1-2H3,(H,17,18)/b11-3+/t10-,15+/m1/s1/i1D3,2D3. The summed E-state index contributed by atoms with van der Waals surface area (Å²) in [6, 6.07) is 2.90. The molecule has 0 amide bonds. The maximum absolute atomic E-state index is 11.6. The summed E-state index contributed by atoms with van der Waals surface area (Å²) in [5.41, 5.74) is 7.01. The minimum absolute atomic E-state index is 0.000950. The number of H-pyrrole nitrogens is 1. The molecular weight excluding hydrogens is 224 g/mol. The van der Waals surface area contributed by atoms with E-state index in [1.54, 1.807) is 12.1 Å². The number of nitrogens with two attached hydrogens (primary N) is 1. The van der Waals surface area contributed by atoms with E-state index in [1.165, 1.54) is 12.1 Å². The molecule has 2 aliphatic carbocycles. The van der Waals surface area contributed by atoms with E-state index in [0.717, 1.165) is 0 Å². The SMILES string of the molecule is [2H]C([2H])([2H])/C=C1\[C@@H]2C=C(C([2H])([2H])[2H])C[C@@]1(N)c1ccc(=O)[nH]c1C2. The van der Waals surface area contributed by atoms with Crippen molar-refractivity contribution in [1.29, 1.82) is 0 Å². The molecule has 1 aromatic heterocycles. The van der Waals surface area contributed by atoms with Crippen LogP contribution >= 0.6 is 0 Å². The van der Waals surface area contributed by atoms with Crippen LogP contribution in [0.25, 0.3) is 0 Å². The minimum atomic E-state index is -2.32. The molecule has 3 nitrogen and oxygen atoms in total. The average molecular weight is 248 g/mol.